The SMILES string of the molecule is CCCCCCCCCCCCCCCCOP(Cl)Cl. The quantitative estimate of drug-likeness (QED) is 0.203. The van der Waals surface area contributed by atoms with Crippen LogP contribution in [0.3, 0.4) is 0 Å². The van der Waals surface area contributed by atoms with E-state index >= 15 is 0 Å². The second kappa shape index (κ2) is 18.0. The molecule has 0 bridgehead atoms. The Morgan fingerprint density at radius 1 is 0.600 bits per heavy atom. The van der Waals surface area contributed by atoms with Gasteiger partial charge in [0.1, 0.15) is 0 Å². The Bertz CT molecular complexity index is 180. The second-order valence-corrected chi connectivity index (χ2v) is 8.65. The molecule has 0 spiro atoms. The standard InChI is InChI=1S/C16H33Cl2OP/c1-2-3-4-5-6-7-8-9-10-11-12-13-14-15-16-19-20(17)18/h2-16H2,1H3. The second-order valence-electron chi connectivity index (χ2n) is 5.63. The highest BCUT2D eigenvalue weighted by atomic mass is 35.9. The van der Waals surface area contributed by atoms with E-state index in [1.165, 1.54) is 83.5 Å². The predicted molar refractivity (Wildman–Crippen MR) is 94.9 cm³/mol. The molecule has 1 nitrogen and oxygen atoms in total. The van der Waals surface area contributed by atoms with Crippen LogP contribution in [0.4, 0.5) is 0 Å². The number of unbranched alkanes of at least 4 members (excludes halogenated alkanes) is 13. The minimum Gasteiger partial charge on any atom is -0.332 e. The van der Waals surface area contributed by atoms with Crippen LogP contribution in [0.2, 0.25) is 0 Å². The Morgan fingerprint density at radius 3 is 1.30 bits per heavy atom. The molecule has 0 heterocycles. The molecule has 0 aromatic rings. The molecule has 0 amide bonds. The molecule has 0 N–H and O–H groups in total. The summed E-state index contributed by atoms with van der Waals surface area (Å²) in [5.41, 5.74) is 0. The molecule has 0 saturated heterocycles. The third-order valence-electron chi connectivity index (χ3n) is 3.69. The lowest BCUT2D eigenvalue weighted by Gasteiger charge is -2.04. The molecule has 0 rings (SSSR count). The predicted octanol–water partition coefficient (Wildman–Crippen LogP) is 8.19. The van der Waals surface area contributed by atoms with Crippen LogP contribution in [0, 0.1) is 0 Å². The molecule has 0 aliphatic heterocycles. The Balaban J connectivity index is 2.92. The molecule has 4 heteroatoms. The van der Waals surface area contributed by atoms with Gasteiger partial charge in [-0.25, -0.2) is 0 Å². The summed E-state index contributed by atoms with van der Waals surface area (Å²) in [7, 11) is 0. The van der Waals surface area contributed by atoms with Gasteiger partial charge in [0, 0.05) is 0 Å². The molecule has 0 aromatic carbocycles. The average molecular weight is 343 g/mol. The van der Waals surface area contributed by atoms with Crippen LogP contribution in [0.25, 0.3) is 0 Å². The van der Waals surface area contributed by atoms with Gasteiger partial charge in [-0.1, -0.05) is 90.4 Å². The third kappa shape index (κ3) is 19.0. The van der Waals surface area contributed by atoms with E-state index in [1.807, 2.05) is 0 Å². The largest absolute Gasteiger partial charge is 0.332 e. The fourth-order valence-electron chi connectivity index (χ4n) is 2.43. The van der Waals surface area contributed by atoms with E-state index in [0.717, 1.165) is 13.0 Å². The topological polar surface area (TPSA) is 9.23 Å². The summed E-state index contributed by atoms with van der Waals surface area (Å²) in [5.74, 6) is 0. The van der Waals surface area contributed by atoms with Crippen LogP contribution in [-0.4, -0.2) is 6.61 Å². The summed E-state index contributed by atoms with van der Waals surface area (Å²) in [6, 6.07) is 0. The molecular formula is C16H33Cl2OP. The first kappa shape index (κ1) is 21.0. The minimum atomic E-state index is -1.20. The van der Waals surface area contributed by atoms with Crippen molar-refractivity contribution in [2.45, 2.75) is 96.8 Å². The van der Waals surface area contributed by atoms with Gasteiger partial charge in [0.15, 0.2) is 0 Å². The smallest absolute Gasteiger partial charge is 0.225 e. The Morgan fingerprint density at radius 2 is 0.950 bits per heavy atom. The maximum absolute atomic E-state index is 5.54. The van der Waals surface area contributed by atoms with Crippen molar-refractivity contribution < 1.29 is 4.52 Å². The highest BCUT2D eigenvalue weighted by Crippen LogP contribution is 2.47. The maximum Gasteiger partial charge on any atom is 0.225 e. The monoisotopic (exact) mass is 342 g/mol. The van der Waals surface area contributed by atoms with Crippen LogP contribution in [0.1, 0.15) is 96.8 Å². The van der Waals surface area contributed by atoms with Gasteiger partial charge < -0.3 is 4.52 Å². The highest BCUT2D eigenvalue weighted by molar-refractivity contribution is 8.00. The minimum absolute atomic E-state index is 0.719. The van der Waals surface area contributed by atoms with Crippen molar-refractivity contribution in [3.63, 3.8) is 0 Å². The van der Waals surface area contributed by atoms with E-state index in [2.05, 4.69) is 6.92 Å². The van der Waals surface area contributed by atoms with Crippen LogP contribution in [0.15, 0.2) is 0 Å². The van der Waals surface area contributed by atoms with Crippen molar-refractivity contribution >= 4 is 29.3 Å². The van der Waals surface area contributed by atoms with Crippen molar-refractivity contribution in [2.24, 2.45) is 0 Å². The van der Waals surface area contributed by atoms with E-state index in [0.29, 0.717) is 0 Å². The zero-order valence-corrected chi connectivity index (χ0v) is 15.6. The van der Waals surface area contributed by atoms with Crippen molar-refractivity contribution in [1.29, 1.82) is 0 Å². The number of hydrogen-bond acceptors (Lipinski definition) is 1. The van der Waals surface area contributed by atoms with Gasteiger partial charge in [-0.3, -0.25) is 0 Å². The van der Waals surface area contributed by atoms with Crippen LogP contribution in [0.5, 0.6) is 0 Å². The molecule has 20 heavy (non-hydrogen) atoms. The molecule has 0 aliphatic carbocycles. The van der Waals surface area contributed by atoms with Crippen LogP contribution < -0.4 is 0 Å². The molecule has 0 saturated carbocycles. The molecular weight excluding hydrogens is 310 g/mol. The number of halogens is 2. The van der Waals surface area contributed by atoms with Gasteiger partial charge in [0.05, 0.1) is 6.61 Å². The first-order valence-corrected chi connectivity index (χ1v) is 11.6. The molecule has 122 valence electrons. The fraction of sp³-hybridized carbons (Fsp3) is 1.00. The lowest BCUT2D eigenvalue weighted by Crippen LogP contribution is -1.87. The molecule has 0 aliphatic rings. The lowest BCUT2D eigenvalue weighted by atomic mass is 10.0. The molecule has 0 fully saturated rings. The zero-order chi connectivity index (χ0) is 14.9. The van der Waals surface area contributed by atoms with Crippen LogP contribution in [-0.2, 0) is 4.52 Å². The molecule has 0 aromatic heterocycles. The van der Waals surface area contributed by atoms with Crippen molar-refractivity contribution in [3.05, 3.63) is 0 Å². The van der Waals surface area contributed by atoms with Crippen molar-refractivity contribution in [1.82, 2.24) is 0 Å². The van der Waals surface area contributed by atoms with Gasteiger partial charge in [-0.05, 0) is 28.9 Å². The number of rotatable bonds is 16. The van der Waals surface area contributed by atoms with Gasteiger partial charge >= 0.3 is 0 Å². The van der Waals surface area contributed by atoms with Crippen LogP contribution >= 0.6 is 29.3 Å². The highest BCUT2D eigenvalue weighted by Gasteiger charge is 1.98. The van der Waals surface area contributed by atoms with E-state index in [1.54, 1.807) is 0 Å². The molecule has 0 unspecified atom stereocenters. The first-order chi connectivity index (χ1) is 9.77. The zero-order valence-electron chi connectivity index (χ0n) is 13.2. The van der Waals surface area contributed by atoms with Crippen molar-refractivity contribution in [3.8, 4) is 0 Å². The van der Waals surface area contributed by atoms with E-state index in [9.17, 15) is 0 Å². The van der Waals surface area contributed by atoms with E-state index < -0.39 is 6.85 Å². The third-order valence-corrected chi connectivity index (χ3v) is 4.65. The van der Waals surface area contributed by atoms with Gasteiger partial charge in [-0.15, -0.1) is 0 Å². The number of hydrogen-bond donors (Lipinski definition) is 0. The van der Waals surface area contributed by atoms with E-state index in [4.69, 9.17) is 27.0 Å². The summed E-state index contributed by atoms with van der Waals surface area (Å²) < 4.78 is 5.14. The lowest BCUT2D eigenvalue weighted by molar-refractivity contribution is 0.347. The summed E-state index contributed by atoms with van der Waals surface area (Å²) in [6.45, 7) is 1.80. The summed E-state index contributed by atoms with van der Waals surface area (Å²) in [4.78, 5) is 0. The maximum atomic E-state index is 5.54. The van der Waals surface area contributed by atoms with E-state index in [-0.39, 0.29) is 0 Å². The average Bonchev–Trinajstić information content (AvgIpc) is 2.43. The molecule has 0 atom stereocenters. The summed E-state index contributed by atoms with van der Waals surface area (Å²) in [6.07, 6.45) is 19.3. The normalized spacial score (nSPS) is 11.4. The van der Waals surface area contributed by atoms with Gasteiger partial charge in [0.25, 0.3) is 0 Å². The Labute approximate surface area is 137 Å². The summed E-state index contributed by atoms with van der Waals surface area (Å²) >= 11 is 11.1. The van der Waals surface area contributed by atoms with Gasteiger partial charge in [0.2, 0.25) is 6.85 Å². The summed E-state index contributed by atoms with van der Waals surface area (Å²) in [5, 5.41) is 0. The van der Waals surface area contributed by atoms with Gasteiger partial charge in [-0.2, -0.15) is 0 Å². The molecule has 0 radical (unpaired) electrons. The Kier molecular flexibility index (Phi) is 18.9. The fourth-order valence-corrected chi connectivity index (χ4v) is 3.11. The Hall–Kier alpha value is 0.970. The van der Waals surface area contributed by atoms with Crippen molar-refractivity contribution in [2.75, 3.05) is 6.61 Å². The first-order valence-electron chi connectivity index (χ1n) is 8.52.